The van der Waals surface area contributed by atoms with Crippen molar-refractivity contribution in [3.05, 3.63) is 35.4 Å². The molecule has 2 atom stereocenters. The van der Waals surface area contributed by atoms with Crippen LogP contribution < -0.4 is 11.3 Å². The summed E-state index contributed by atoms with van der Waals surface area (Å²) in [5.41, 5.74) is 2.70. The quantitative estimate of drug-likeness (QED) is 0.620. The highest BCUT2D eigenvalue weighted by atomic mass is 19.4. The smallest absolute Gasteiger partial charge is 0.382 e. The van der Waals surface area contributed by atoms with E-state index in [1.54, 1.807) is 7.11 Å². The lowest BCUT2D eigenvalue weighted by molar-refractivity contribution is -0.137. The van der Waals surface area contributed by atoms with Crippen LogP contribution in [-0.4, -0.2) is 13.2 Å². The molecule has 0 saturated carbocycles. The minimum absolute atomic E-state index is 0.0882. The van der Waals surface area contributed by atoms with Crippen molar-refractivity contribution < 1.29 is 17.9 Å². The third kappa shape index (κ3) is 4.81. The number of hydrazine groups is 1. The van der Waals surface area contributed by atoms with Crippen molar-refractivity contribution >= 4 is 0 Å². The second-order valence-electron chi connectivity index (χ2n) is 4.46. The van der Waals surface area contributed by atoms with Crippen molar-refractivity contribution in [1.82, 2.24) is 5.43 Å². The second kappa shape index (κ2) is 6.88. The zero-order chi connectivity index (χ0) is 14.5. The molecule has 1 rings (SSSR count). The van der Waals surface area contributed by atoms with Gasteiger partial charge in [-0.1, -0.05) is 12.1 Å². The topological polar surface area (TPSA) is 47.3 Å². The van der Waals surface area contributed by atoms with E-state index in [1.165, 1.54) is 12.1 Å². The van der Waals surface area contributed by atoms with Crippen LogP contribution in [0.15, 0.2) is 24.3 Å². The molecular formula is C13H19F3N2O. The largest absolute Gasteiger partial charge is 0.416 e. The molecule has 19 heavy (non-hydrogen) atoms. The number of hydrogen-bond donors (Lipinski definition) is 2. The lowest BCUT2D eigenvalue weighted by atomic mass is 9.99. The maximum atomic E-state index is 12.4. The third-order valence-corrected chi connectivity index (χ3v) is 3.11. The van der Waals surface area contributed by atoms with Crippen molar-refractivity contribution in [2.45, 2.75) is 38.1 Å². The number of nitrogens with one attached hydrogen (secondary N) is 1. The predicted molar refractivity (Wildman–Crippen MR) is 67.2 cm³/mol. The Kier molecular flexibility index (Phi) is 5.78. The van der Waals surface area contributed by atoms with Gasteiger partial charge in [0.05, 0.1) is 11.7 Å². The highest BCUT2D eigenvalue weighted by molar-refractivity contribution is 5.26. The van der Waals surface area contributed by atoms with Gasteiger partial charge in [-0.3, -0.25) is 11.3 Å². The predicted octanol–water partition coefficient (Wildman–Crippen LogP) is 3.02. The molecule has 0 saturated heterocycles. The molecule has 108 valence electrons. The molecule has 6 heteroatoms. The monoisotopic (exact) mass is 276 g/mol. The van der Waals surface area contributed by atoms with Crippen molar-refractivity contribution in [3.8, 4) is 0 Å². The Bertz CT molecular complexity index is 378. The van der Waals surface area contributed by atoms with Crippen LogP contribution >= 0.6 is 0 Å². The number of alkyl halides is 3. The van der Waals surface area contributed by atoms with Gasteiger partial charge >= 0.3 is 6.18 Å². The molecule has 1 aromatic rings. The first-order chi connectivity index (χ1) is 8.88. The van der Waals surface area contributed by atoms with Crippen LogP contribution in [0.3, 0.4) is 0 Å². The maximum Gasteiger partial charge on any atom is 0.416 e. The van der Waals surface area contributed by atoms with Gasteiger partial charge in [0.1, 0.15) is 0 Å². The van der Waals surface area contributed by atoms with Gasteiger partial charge in [0, 0.05) is 13.2 Å². The van der Waals surface area contributed by atoms with E-state index in [-0.39, 0.29) is 12.1 Å². The fourth-order valence-electron chi connectivity index (χ4n) is 1.77. The summed E-state index contributed by atoms with van der Waals surface area (Å²) in [6.07, 6.45) is -2.76. The van der Waals surface area contributed by atoms with E-state index < -0.39 is 11.7 Å². The molecule has 0 radical (unpaired) electrons. The number of rotatable bonds is 6. The molecule has 0 heterocycles. The van der Waals surface area contributed by atoms with Crippen LogP contribution in [0.1, 0.15) is 36.9 Å². The van der Waals surface area contributed by atoms with Gasteiger partial charge in [-0.2, -0.15) is 13.2 Å². The van der Waals surface area contributed by atoms with E-state index in [1.807, 2.05) is 6.92 Å². The summed E-state index contributed by atoms with van der Waals surface area (Å²) < 4.78 is 42.5. The first-order valence-electron chi connectivity index (χ1n) is 6.04. The Morgan fingerprint density at radius 2 is 1.79 bits per heavy atom. The van der Waals surface area contributed by atoms with Gasteiger partial charge in [-0.25, -0.2) is 0 Å². The summed E-state index contributed by atoms with van der Waals surface area (Å²) in [5.74, 6) is 5.44. The van der Waals surface area contributed by atoms with E-state index in [0.29, 0.717) is 6.42 Å². The molecule has 1 aromatic carbocycles. The Labute approximate surface area is 110 Å². The third-order valence-electron chi connectivity index (χ3n) is 3.11. The summed E-state index contributed by atoms with van der Waals surface area (Å²) in [4.78, 5) is 0. The van der Waals surface area contributed by atoms with Crippen LogP contribution in [0.25, 0.3) is 0 Å². The van der Waals surface area contributed by atoms with Crippen LogP contribution in [0.5, 0.6) is 0 Å². The molecule has 0 aromatic heterocycles. The molecule has 3 nitrogen and oxygen atoms in total. The number of hydrogen-bond acceptors (Lipinski definition) is 3. The second-order valence-corrected chi connectivity index (χ2v) is 4.46. The van der Waals surface area contributed by atoms with Gasteiger partial charge in [0.15, 0.2) is 0 Å². The number of methoxy groups -OCH3 is 1. The van der Waals surface area contributed by atoms with Crippen LogP contribution in [0.2, 0.25) is 0 Å². The summed E-state index contributed by atoms with van der Waals surface area (Å²) in [5, 5.41) is 0. The number of halogens is 3. The van der Waals surface area contributed by atoms with Crippen molar-refractivity contribution in [1.29, 1.82) is 0 Å². The minimum atomic E-state index is -4.31. The highest BCUT2D eigenvalue weighted by Gasteiger charge is 2.30. The SMILES string of the molecule is COC(C)CCC(NN)c1ccc(C(F)(F)F)cc1. The van der Waals surface area contributed by atoms with Gasteiger partial charge in [0.2, 0.25) is 0 Å². The molecule has 0 spiro atoms. The Hall–Kier alpha value is -1.11. The average molecular weight is 276 g/mol. The van der Waals surface area contributed by atoms with E-state index in [0.717, 1.165) is 24.1 Å². The van der Waals surface area contributed by atoms with Gasteiger partial charge in [-0.15, -0.1) is 0 Å². The Balaban J connectivity index is 2.71. The Morgan fingerprint density at radius 1 is 1.21 bits per heavy atom. The van der Waals surface area contributed by atoms with Crippen LogP contribution in [0, 0.1) is 0 Å². The van der Waals surface area contributed by atoms with E-state index in [2.05, 4.69) is 5.43 Å². The van der Waals surface area contributed by atoms with Crippen molar-refractivity contribution in [2.24, 2.45) is 5.84 Å². The summed E-state index contributed by atoms with van der Waals surface area (Å²) in [7, 11) is 1.62. The first kappa shape index (κ1) is 15.9. The van der Waals surface area contributed by atoms with Gasteiger partial charge < -0.3 is 4.74 Å². The van der Waals surface area contributed by atoms with E-state index >= 15 is 0 Å². The van der Waals surface area contributed by atoms with Gasteiger partial charge in [-0.05, 0) is 37.5 Å². The number of ether oxygens (including phenoxy) is 1. The maximum absolute atomic E-state index is 12.4. The van der Waals surface area contributed by atoms with E-state index in [9.17, 15) is 13.2 Å². The lowest BCUT2D eigenvalue weighted by Gasteiger charge is -2.19. The summed E-state index contributed by atoms with van der Waals surface area (Å²) in [6.45, 7) is 1.93. The van der Waals surface area contributed by atoms with Crippen LogP contribution in [0.4, 0.5) is 13.2 Å². The first-order valence-corrected chi connectivity index (χ1v) is 6.04. The zero-order valence-corrected chi connectivity index (χ0v) is 11.0. The fraction of sp³-hybridized carbons (Fsp3) is 0.538. The molecule has 2 unspecified atom stereocenters. The molecule has 0 aliphatic carbocycles. The number of nitrogens with two attached hydrogens (primary N) is 1. The lowest BCUT2D eigenvalue weighted by Crippen LogP contribution is -2.28. The molecule has 3 N–H and O–H groups in total. The summed E-state index contributed by atoms with van der Waals surface area (Å²) >= 11 is 0. The molecule has 0 amide bonds. The van der Waals surface area contributed by atoms with Crippen molar-refractivity contribution in [3.63, 3.8) is 0 Å². The standard InChI is InChI=1S/C13H19F3N2O/c1-9(19-2)3-8-12(18-17)10-4-6-11(7-5-10)13(14,15)16/h4-7,9,12,18H,3,8,17H2,1-2H3. The van der Waals surface area contributed by atoms with Crippen molar-refractivity contribution in [2.75, 3.05) is 7.11 Å². The molecule has 0 aliphatic rings. The normalized spacial score (nSPS) is 15.3. The fourth-order valence-corrected chi connectivity index (χ4v) is 1.77. The van der Waals surface area contributed by atoms with Gasteiger partial charge in [0.25, 0.3) is 0 Å². The molecular weight excluding hydrogens is 257 g/mol. The zero-order valence-electron chi connectivity index (χ0n) is 11.0. The molecule has 0 bridgehead atoms. The minimum Gasteiger partial charge on any atom is -0.382 e. The highest BCUT2D eigenvalue weighted by Crippen LogP contribution is 2.30. The molecule has 0 aliphatic heterocycles. The van der Waals surface area contributed by atoms with E-state index in [4.69, 9.17) is 10.6 Å². The van der Waals surface area contributed by atoms with Crippen LogP contribution in [-0.2, 0) is 10.9 Å². The average Bonchev–Trinajstić information content (AvgIpc) is 2.38. The summed E-state index contributed by atoms with van der Waals surface area (Å²) in [6, 6.07) is 4.86. The number of benzene rings is 1. The molecule has 0 fully saturated rings. The Morgan fingerprint density at radius 3 is 2.21 bits per heavy atom.